The normalized spacial score (nSPS) is 21.0. The van der Waals surface area contributed by atoms with Crippen LogP contribution in [0.2, 0.25) is 0 Å². The van der Waals surface area contributed by atoms with Crippen molar-refractivity contribution in [2.45, 2.75) is 52.5 Å². The van der Waals surface area contributed by atoms with E-state index in [2.05, 4.69) is 16.8 Å². The van der Waals surface area contributed by atoms with E-state index in [1.54, 1.807) is 13.0 Å². The number of aromatic nitrogens is 1. The zero-order valence-electron chi connectivity index (χ0n) is 14.4. The summed E-state index contributed by atoms with van der Waals surface area (Å²) in [5.41, 5.74) is 3.08. The van der Waals surface area contributed by atoms with E-state index in [9.17, 15) is 14.4 Å². The van der Waals surface area contributed by atoms with E-state index < -0.39 is 17.8 Å². The zero-order chi connectivity index (χ0) is 17.4. The average Bonchev–Trinajstić information content (AvgIpc) is 3.12. The van der Waals surface area contributed by atoms with Gasteiger partial charge in [-0.25, -0.2) is 4.79 Å². The van der Waals surface area contributed by atoms with E-state index in [0.717, 1.165) is 21.9 Å². The largest absolute Gasteiger partial charge is 0.346 e. The highest BCUT2D eigenvalue weighted by Crippen LogP contribution is 2.34. The molecule has 1 N–H and O–H groups in total. The molecule has 1 aromatic rings. The van der Waals surface area contributed by atoms with Gasteiger partial charge in [-0.3, -0.25) is 19.8 Å². The number of nitrogens with zero attached hydrogens (tertiary/aromatic N) is 2. The number of urea groups is 1. The third-order valence-electron chi connectivity index (χ3n) is 5.02. The van der Waals surface area contributed by atoms with Crippen LogP contribution in [0.25, 0.3) is 6.08 Å². The number of hydrogen-bond donors (Lipinski definition) is 1. The van der Waals surface area contributed by atoms with Gasteiger partial charge in [0.15, 0.2) is 0 Å². The van der Waals surface area contributed by atoms with Gasteiger partial charge in [-0.05, 0) is 51.3 Å². The minimum absolute atomic E-state index is 0.0168. The Bertz CT molecular complexity index is 739. The van der Waals surface area contributed by atoms with Crippen LogP contribution in [-0.2, 0) is 9.59 Å². The Balaban J connectivity index is 1.98. The van der Waals surface area contributed by atoms with Gasteiger partial charge in [0.05, 0.1) is 0 Å². The number of hydrogen-bond acceptors (Lipinski definition) is 3. The lowest BCUT2D eigenvalue weighted by Crippen LogP contribution is -2.53. The summed E-state index contributed by atoms with van der Waals surface area (Å²) >= 11 is 0. The van der Waals surface area contributed by atoms with Crippen LogP contribution in [-0.4, -0.2) is 33.9 Å². The molecule has 6 nitrogen and oxygen atoms in total. The molecule has 4 amide bonds. The molecular weight excluding hydrogens is 306 g/mol. The number of amides is 4. The van der Waals surface area contributed by atoms with Crippen LogP contribution in [0.4, 0.5) is 4.79 Å². The predicted octanol–water partition coefficient (Wildman–Crippen LogP) is 2.70. The summed E-state index contributed by atoms with van der Waals surface area (Å²) in [6, 6.07) is 1.86. The lowest BCUT2D eigenvalue weighted by Gasteiger charge is -2.25. The first-order chi connectivity index (χ1) is 11.4. The van der Waals surface area contributed by atoms with Crippen molar-refractivity contribution in [1.29, 1.82) is 0 Å². The molecule has 0 bridgehead atoms. The Hall–Kier alpha value is -2.37. The second kappa shape index (κ2) is 6.26. The topological polar surface area (TPSA) is 71.4 Å². The van der Waals surface area contributed by atoms with Crippen LogP contribution in [0.15, 0.2) is 11.6 Å². The van der Waals surface area contributed by atoms with Crippen molar-refractivity contribution in [1.82, 2.24) is 14.8 Å². The highest BCUT2D eigenvalue weighted by atomic mass is 16.2. The maximum atomic E-state index is 12.4. The lowest BCUT2D eigenvalue weighted by molar-refractivity contribution is -0.129. The fraction of sp³-hybridized carbons (Fsp3) is 0.500. The standard InChI is InChI=1S/C18H23N3O3/c1-4-20-17(23)15(16(22)19-18(20)24)10-13-9-11(2)21(12(13)3)14-7-5-6-8-14/h9-10,14H,4-8H2,1-3H3,(H,19,22,24)/b15-10-. The first-order valence-corrected chi connectivity index (χ1v) is 8.51. The number of likely N-dealkylation sites (N-methyl/N-ethyl adjacent to an activating group) is 1. The quantitative estimate of drug-likeness (QED) is 0.684. The Morgan fingerprint density at radius 1 is 1.21 bits per heavy atom. The molecule has 2 fully saturated rings. The number of carbonyl (C=O) groups excluding carboxylic acids is 3. The van der Waals surface area contributed by atoms with Gasteiger partial charge in [0.2, 0.25) is 0 Å². The van der Waals surface area contributed by atoms with E-state index in [1.807, 2.05) is 13.0 Å². The lowest BCUT2D eigenvalue weighted by atomic mass is 10.1. The van der Waals surface area contributed by atoms with Crippen molar-refractivity contribution in [3.8, 4) is 0 Å². The maximum Gasteiger partial charge on any atom is 0.331 e. The number of aryl methyl sites for hydroxylation is 1. The summed E-state index contributed by atoms with van der Waals surface area (Å²) in [5.74, 6) is -1.16. The van der Waals surface area contributed by atoms with Gasteiger partial charge >= 0.3 is 6.03 Å². The van der Waals surface area contributed by atoms with Gasteiger partial charge in [0.1, 0.15) is 5.57 Å². The Labute approximate surface area is 141 Å². The Kier molecular flexibility index (Phi) is 4.30. The fourth-order valence-corrected chi connectivity index (χ4v) is 3.81. The molecular formula is C18H23N3O3. The number of barbiturate groups is 1. The smallest absolute Gasteiger partial charge is 0.331 e. The molecule has 1 saturated heterocycles. The average molecular weight is 329 g/mol. The number of rotatable bonds is 3. The van der Waals surface area contributed by atoms with E-state index in [-0.39, 0.29) is 12.1 Å². The van der Waals surface area contributed by atoms with Crippen molar-refractivity contribution in [3.05, 3.63) is 28.6 Å². The maximum absolute atomic E-state index is 12.4. The molecule has 0 unspecified atom stereocenters. The highest BCUT2D eigenvalue weighted by molar-refractivity contribution is 6.31. The third-order valence-corrected chi connectivity index (χ3v) is 5.02. The first kappa shape index (κ1) is 16.5. The fourth-order valence-electron chi connectivity index (χ4n) is 3.81. The highest BCUT2D eigenvalue weighted by Gasteiger charge is 2.35. The second-order valence-electron chi connectivity index (χ2n) is 6.50. The summed E-state index contributed by atoms with van der Waals surface area (Å²) in [6.07, 6.45) is 6.44. The van der Waals surface area contributed by atoms with Gasteiger partial charge in [0.25, 0.3) is 11.8 Å². The summed E-state index contributed by atoms with van der Waals surface area (Å²) in [6.45, 7) is 6.01. The monoisotopic (exact) mass is 329 g/mol. The molecule has 3 rings (SSSR count). The van der Waals surface area contributed by atoms with Crippen molar-refractivity contribution in [2.75, 3.05) is 6.54 Å². The van der Waals surface area contributed by atoms with Crippen molar-refractivity contribution in [3.63, 3.8) is 0 Å². The molecule has 1 aromatic heterocycles. The molecule has 128 valence electrons. The molecule has 1 aliphatic heterocycles. The minimum Gasteiger partial charge on any atom is -0.346 e. The molecule has 0 atom stereocenters. The van der Waals surface area contributed by atoms with Crippen molar-refractivity contribution >= 4 is 23.9 Å². The van der Waals surface area contributed by atoms with Crippen LogP contribution in [0, 0.1) is 13.8 Å². The van der Waals surface area contributed by atoms with Crippen molar-refractivity contribution in [2.24, 2.45) is 0 Å². The molecule has 0 aromatic carbocycles. The van der Waals surface area contributed by atoms with Crippen molar-refractivity contribution < 1.29 is 14.4 Å². The van der Waals surface area contributed by atoms with Gasteiger partial charge in [0, 0.05) is 24.0 Å². The second-order valence-corrected chi connectivity index (χ2v) is 6.50. The molecule has 0 spiro atoms. The van der Waals surface area contributed by atoms with Crippen LogP contribution in [0.3, 0.4) is 0 Å². The van der Waals surface area contributed by atoms with E-state index in [1.165, 1.54) is 25.7 Å². The zero-order valence-corrected chi connectivity index (χ0v) is 14.4. The number of imide groups is 2. The van der Waals surface area contributed by atoms with Crippen LogP contribution >= 0.6 is 0 Å². The van der Waals surface area contributed by atoms with Crippen LogP contribution < -0.4 is 5.32 Å². The molecule has 0 radical (unpaired) electrons. The predicted molar refractivity (Wildman–Crippen MR) is 90.3 cm³/mol. The van der Waals surface area contributed by atoms with Gasteiger partial charge in [-0.1, -0.05) is 12.8 Å². The number of carbonyl (C=O) groups is 3. The van der Waals surface area contributed by atoms with E-state index in [4.69, 9.17) is 0 Å². The van der Waals surface area contributed by atoms with Gasteiger partial charge in [-0.15, -0.1) is 0 Å². The van der Waals surface area contributed by atoms with E-state index in [0.29, 0.717) is 6.04 Å². The molecule has 2 aliphatic rings. The van der Waals surface area contributed by atoms with Crippen LogP contribution in [0.5, 0.6) is 0 Å². The Morgan fingerprint density at radius 3 is 2.50 bits per heavy atom. The third kappa shape index (κ3) is 2.66. The molecule has 2 heterocycles. The minimum atomic E-state index is -0.652. The molecule has 1 saturated carbocycles. The number of nitrogens with one attached hydrogen (secondary N) is 1. The summed E-state index contributed by atoms with van der Waals surface area (Å²) in [7, 11) is 0. The first-order valence-electron chi connectivity index (χ1n) is 8.51. The Morgan fingerprint density at radius 2 is 1.88 bits per heavy atom. The van der Waals surface area contributed by atoms with Gasteiger partial charge in [-0.2, -0.15) is 0 Å². The summed E-state index contributed by atoms with van der Waals surface area (Å²) in [5, 5.41) is 2.23. The summed E-state index contributed by atoms with van der Waals surface area (Å²) in [4.78, 5) is 37.2. The molecule has 24 heavy (non-hydrogen) atoms. The summed E-state index contributed by atoms with van der Waals surface area (Å²) < 4.78 is 2.31. The van der Waals surface area contributed by atoms with Crippen LogP contribution in [0.1, 0.15) is 55.6 Å². The SMILES string of the molecule is CCN1C(=O)NC(=O)/C(=C/c2cc(C)n(C3CCCC3)c2C)C1=O. The molecule has 1 aliphatic carbocycles. The van der Waals surface area contributed by atoms with E-state index >= 15 is 0 Å². The van der Waals surface area contributed by atoms with Gasteiger partial charge < -0.3 is 4.57 Å². The molecule has 6 heteroatoms.